The topological polar surface area (TPSA) is 73.0 Å². The van der Waals surface area contributed by atoms with E-state index in [0.717, 1.165) is 25.0 Å². The quantitative estimate of drug-likeness (QED) is 0.919. The first kappa shape index (κ1) is 13.9. The predicted molar refractivity (Wildman–Crippen MR) is 77.1 cm³/mol. The van der Waals surface area contributed by atoms with Crippen LogP contribution in [-0.4, -0.2) is 20.8 Å². The van der Waals surface area contributed by atoms with Gasteiger partial charge in [-0.25, -0.2) is 0 Å². The number of aryl methyl sites for hydroxylation is 4. The van der Waals surface area contributed by atoms with Gasteiger partial charge in [-0.2, -0.15) is 5.10 Å². The lowest BCUT2D eigenvalue weighted by Crippen LogP contribution is -2.31. The highest BCUT2D eigenvalue weighted by molar-refractivity contribution is 5.96. The van der Waals surface area contributed by atoms with Gasteiger partial charge >= 0.3 is 0 Å². The number of carbonyl (C=O) groups excluding carboxylic acids is 1. The highest BCUT2D eigenvalue weighted by Gasteiger charge is 2.29. The van der Waals surface area contributed by atoms with Crippen molar-refractivity contribution in [2.45, 2.75) is 46.1 Å². The van der Waals surface area contributed by atoms with Crippen LogP contribution in [0.25, 0.3) is 0 Å². The average Bonchev–Trinajstić information content (AvgIpc) is 2.91. The highest BCUT2D eigenvalue weighted by Crippen LogP contribution is 2.32. The zero-order valence-electron chi connectivity index (χ0n) is 12.9. The Morgan fingerprint density at radius 3 is 2.76 bits per heavy atom. The molecule has 1 aliphatic carbocycles. The summed E-state index contributed by atoms with van der Waals surface area (Å²) in [7, 11) is 1.96. The molecule has 0 aliphatic heterocycles. The van der Waals surface area contributed by atoms with E-state index in [0.29, 0.717) is 17.0 Å². The molecule has 6 heteroatoms. The van der Waals surface area contributed by atoms with E-state index in [2.05, 4.69) is 15.6 Å². The molecule has 112 valence electrons. The molecule has 21 heavy (non-hydrogen) atoms. The molecular formula is C15H20N4O2. The van der Waals surface area contributed by atoms with E-state index < -0.39 is 0 Å². The van der Waals surface area contributed by atoms with E-state index in [1.54, 1.807) is 13.8 Å². The van der Waals surface area contributed by atoms with Gasteiger partial charge in [0.1, 0.15) is 11.3 Å². The minimum atomic E-state index is -0.118. The van der Waals surface area contributed by atoms with Crippen LogP contribution in [-0.2, 0) is 13.5 Å². The number of amides is 1. The van der Waals surface area contributed by atoms with Crippen molar-refractivity contribution in [2.24, 2.45) is 7.05 Å². The number of nitrogens with one attached hydrogen (secondary N) is 1. The lowest BCUT2D eigenvalue weighted by Gasteiger charge is -2.24. The summed E-state index contributed by atoms with van der Waals surface area (Å²) in [6.07, 6.45) is 3.01. The summed E-state index contributed by atoms with van der Waals surface area (Å²) in [4.78, 5) is 12.5. The number of rotatable bonds is 2. The SMILES string of the molecule is Cc1noc(C)c1C(=O)NC1CCCc2c1c(C)nn2C. The van der Waals surface area contributed by atoms with Gasteiger partial charge in [-0.3, -0.25) is 9.48 Å². The van der Waals surface area contributed by atoms with Crippen LogP contribution in [0.5, 0.6) is 0 Å². The van der Waals surface area contributed by atoms with Crippen LogP contribution in [0.3, 0.4) is 0 Å². The summed E-state index contributed by atoms with van der Waals surface area (Å²) in [6, 6.07) is 0.0173. The smallest absolute Gasteiger partial charge is 0.257 e. The summed E-state index contributed by atoms with van der Waals surface area (Å²) < 4.78 is 7.01. The van der Waals surface area contributed by atoms with E-state index in [9.17, 15) is 4.79 Å². The van der Waals surface area contributed by atoms with Crippen LogP contribution in [0, 0.1) is 20.8 Å². The lowest BCUT2D eigenvalue weighted by atomic mass is 9.90. The van der Waals surface area contributed by atoms with Gasteiger partial charge in [-0.1, -0.05) is 5.16 Å². The molecule has 0 bridgehead atoms. The molecule has 6 nitrogen and oxygen atoms in total. The first-order valence-electron chi connectivity index (χ1n) is 7.25. The number of aromatic nitrogens is 3. The molecule has 0 spiro atoms. The van der Waals surface area contributed by atoms with Gasteiger partial charge < -0.3 is 9.84 Å². The Kier molecular flexibility index (Phi) is 3.31. The molecule has 0 saturated carbocycles. The molecule has 3 rings (SSSR count). The van der Waals surface area contributed by atoms with Crippen LogP contribution < -0.4 is 5.32 Å². The van der Waals surface area contributed by atoms with Gasteiger partial charge in [0, 0.05) is 18.3 Å². The van der Waals surface area contributed by atoms with Gasteiger partial charge in [-0.05, 0) is 40.0 Å². The molecule has 0 fully saturated rings. The molecule has 0 radical (unpaired) electrons. The number of nitrogens with zero attached hydrogens (tertiary/aromatic N) is 3. The van der Waals surface area contributed by atoms with Crippen molar-refractivity contribution in [3.63, 3.8) is 0 Å². The molecule has 1 atom stereocenters. The highest BCUT2D eigenvalue weighted by atomic mass is 16.5. The summed E-state index contributed by atoms with van der Waals surface area (Å²) in [5.41, 5.74) is 4.57. The molecule has 2 aromatic heterocycles. The largest absolute Gasteiger partial charge is 0.361 e. The Morgan fingerprint density at radius 1 is 1.33 bits per heavy atom. The van der Waals surface area contributed by atoms with Crippen molar-refractivity contribution in [2.75, 3.05) is 0 Å². The van der Waals surface area contributed by atoms with Gasteiger partial charge in [-0.15, -0.1) is 0 Å². The Balaban J connectivity index is 1.89. The van der Waals surface area contributed by atoms with Crippen LogP contribution >= 0.6 is 0 Å². The van der Waals surface area contributed by atoms with Gasteiger partial charge in [0.05, 0.1) is 17.4 Å². The van der Waals surface area contributed by atoms with Crippen molar-refractivity contribution in [1.82, 2.24) is 20.3 Å². The fourth-order valence-corrected chi connectivity index (χ4v) is 3.27. The monoisotopic (exact) mass is 288 g/mol. The minimum Gasteiger partial charge on any atom is -0.361 e. The summed E-state index contributed by atoms with van der Waals surface area (Å²) in [5.74, 6) is 0.441. The maximum absolute atomic E-state index is 12.5. The normalized spacial score (nSPS) is 17.6. The van der Waals surface area contributed by atoms with Gasteiger partial charge in [0.15, 0.2) is 0 Å². The minimum absolute atomic E-state index is 0.0173. The van der Waals surface area contributed by atoms with E-state index in [1.165, 1.54) is 11.3 Å². The van der Waals surface area contributed by atoms with Crippen molar-refractivity contribution in [3.8, 4) is 0 Å². The second kappa shape index (κ2) is 5.02. The first-order valence-corrected chi connectivity index (χ1v) is 7.25. The van der Waals surface area contributed by atoms with Crippen molar-refractivity contribution in [3.05, 3.63) is 34.0 Å². The zero-order valence-corrected chi connectivity index (χ0v) is 12.9. The summed E-state index contributed by atoms with van der Waals surface area (Å²) >= 11 is 0. The van der Waals surface area contributed by atoms with Crippen molar-refractivity contribution in [1.29, 1.82) is 0 Å². The molecule has 1 amide bonds. The third-order valence-electron chi connectivity index (χ3n) is 4.21. The Hall–Kier alpha value is -2.11. The Morgan fingerprint density at radius 2 is 2.10 bits per heavy atom. The molecule has 1 unspecified atom stereocenters. The molecule has 0 aromatic carbocycles. The first-order chi connectivity index (χ1) is 9.99. The van der Waals surface area contributed by atoms with Crippen molar-refractivity contribution < 1.29 is 9.32 Å². The van der Waals surface area contributed by atoms with E-state index in [1.807, 2.05) is 18.7 Å². The Bertz CT molecular complexity index is 679. The zero-order chi connectivity index (χ0) is 15.1. The number of hydrogen-bond acceptors (Lipinski definition) is 4. The third-order valence-corrected chi connectivity index (χ3v) is 4.21. The molecule has 1 aliphatic rings. The van der Waals surface area contributed by atoms with Crippen LogP contribution in [0.1, 0.15) is 57.6 Å². The van der Waals surface area contributed by atoms with Crippen LogP contribution in [0.4, 0.5) is 0 Å². The maximum Gasteiger partial charge on any atom is 0.257 e. The standard InChI is InChI=1S/C15H20N4O2/c1-8-14-11(6-5-7-12(14)19(4)17-8)16-15(20)13-9(2)18-21-10(13)3/h11H,5-7H2,1-4H3,(H,16,20). The van der Waals surface area contributed by atoms with E-state index >= 15 is 0 Å². The van der Waals surface area contributed by atoms with E-state index in [4.69, 9.17) is 4.52 Å². The fourth-order valence-electron chi connectivity index (χ4n) is 3.27. The third kappa shape index (κ3) is 2.24. The predicted octanol–water partition coefficient (Wildman–Crippen LogP) is 2.14. The average molecular weight is 288 g/mol. The van der Waals surface area contributed by atoms with E-state index in [-0.39, 0.29) is 11.9 Å². The number of fused-ring (bicyclic) bond motifs is 1. The van der Waals surface area contributed by atoms with Gasteiger partial charge in [0.2, 0.25) is 0 Å². The second-order valence-electron chi connectivity index (χ2n) is 5.69. The summed E-state index contributed by atoms with van der Waals surface area (Å²) in [5, 5.41) is 11.4. The molecule has 1 N–H and O–H groups in total. The van der Waals surface area contributed by atoms with Crippen LogP contribution in [0.15, 0.2) is 4.52 Å². The molecule has 2 aromatic rings. The Labute approximate surface area is 123 Å². The summed E-state index contributed by atoms with van der Waals surface area (Å²) in [6.45, 7) is 5.54. The molecule has 0 saturated heterocycles. The second-order valence-corrected chi connectivity index (χ2v) is 5.69. The molecule has 2 heterocycles. The van der Waals surface area contributed by atoms with Crippen LogP contribution in [0.2, 0.25) is 0 Å². The number of hydrogen-bond donors (Lipinski definition) is 1. The fraction of sp³-hybridized carbons (Fsp3) is 0.533. The molecular weight excluding hydrogens is 268 g/mol. The van der Waals surface area contributed by atoms with Gasteiger partial charge in [0.25, 0.3) is 5.91 Å². The maximum atomic E-state index is 12.5. The van der Waals surface area contributed by atoms with Crippen molar-refractivity contribution >= 4 is 5.91 Å². The lowest BCUT2D eigenvalue weighted by molar-refractivity contribution is 0.0930. The number of carbonyl (C=O) groups is 1.